The van der Waals surface area contributed by atoms with E-state index in [1.165, 1.54) is 0 Å². The first-order valence-corrected chi connectivity index (χ1v) is 7.21. The smallest absolute Gasteiger partial charge is 0.305 e. The van der Waals surface area contributed by atoms with Gasteiger partial charge in [0.1, 0.15) is 5.75 Å². The lowest BCUT2D eigenvalue weighted by molar-refractivity contribution is -0.143. The minimum atomic E-state index is -0.145. The Labute approximate surface area is 125 Å². The highest BCUT2D eigenvalue weighted by Crippen LogP contribution is 2.28. The minimum absolute atomic E-state index is 0.0828. The van der Waals surface area contributed by atoms with Crippen LogP contribution in [0.25, 0.3) is 0 Å². The number of benzene rings is 1. The second-order valence-corrected chi connectivity index (χ2v) is 4.96. The molecule has 4 nitrogen and oxygen atoms in total. The maximum atomic E-state index is 11.2. The lowest BCUT2D eigenvalue weighted by Crippen LogP contribution is -2.10. The van der Waals surface area contributed by atoms with Gasteiger partial charge in [0.05, 0.1) is 18.7 Å². The molecular weight excluding hydrogens is 278 g/mol. The zero-order valence-corrected chi connectivity index (χ0v) is 12.8. The molecule has 0 fully saturated rings. The molecule has 5 heteroatoms. The Balaban J connectivity index is 2.37. The Morgan fingerprint density at radius 1 is 1.40 bits per heavy atom. The molecule has 1 atom stereocenters. The fraction of sp³-hybridized carbons (Fsp3) is 0.533. The van der Waals surface area contributed by atoms with Crippen LogP contribution in [0.5, 0.6) is 5.75 Å². The van der Waals surface area contributed by atoms with E-state index >= 15 is 0 Å². The summed E-state index contributed by atoms with van der Waals surface area (Å²) in [7, 11) is 1.58. The summed E-state index contributed by atoms with van der Waals surface area (Å²) in [5, 5.41) is 0.562. The first-order valence-electron chi connectivity index (χ1n) is 6.83. The Kier molecular flexibility index (Phi) is 7.41. The Morgan fingerprint density at radius 2 is 2.15 bits per heavy atom. The Bertz CT molecular complexity index is 437. The molecule has 0 aliphatic carbocycles. The van der Waals surface area contributed by atoms with Gasteiger partial charge in [-0.05, 0) is 37.5 Å². The highest BCUT2D eigenvalue weighted by molar-refractivity contribution is 6.32. The summed E-state index contributed by atoms with van der Waals surface area (Å²) in [6.07, 6.45) is 2.92. The van der Waals surface area contributed by atoms with E-state index in [0.717, 1.165) is 24.8 Å². The summed E-state index contributed by atoms with van der Waals surface area (Å²) < 4.78 is 9.98. The molecule has 0 bridgehead atoms. The lowest BCUT2D eigenvalue weighted by atomic mass is 10.0. The van der Waals surface area contributed by atoms with Gasteiger partial charge in [-0.3, -0.25) is 4.79 Å². The molecule has 1 rings (SSSR count). The average molecular weight is 300 g/mol. The molecule has 112 valence electrons. The summed E-state index contributed by atoms with van der Waals surface area (Å²) in [5.41, 5.74) is 7.09. The molecule has 2 N–H and O–H groups in total. The number of hydrogen-bond donors (Lipinski definition) is 1. The fourth-order valence-corrected chi connectivity index (χ4v) is 2.21. The van der Waals surface area contributed by atoms with Crippen LogP contribution in [0.3, 0.4) is 0 Å². The molecule has 0 amide bonds. The molecule has 0 aliphatic heterocycles. The highest BCUT2D eigenvalue weighted by Gasteiger charge is 2.09. The van der Waals surface area contributed by atoms with Gasteiger partial charge in [0.15, 0.2) is 0 Å². The van der Waals surface area contributed by atoms with Crippen molar-refractivity contribution in [3.05, 3.63) is 28.8 Å². The third-order valence-corrected chi connectivity index (χ3v) is 3.35. The molecule has 0 spiro atoms. The van der Waals surface area contributed by atoms with Crippen LogP contribution in [0.1, 0.15) is 44.2 Å². The molecule has 0 saturated heterocycles. The van der Waals surface area contributed by atoms with Gasteiger partial charge >= 0.3 is 5.97 Å². The van der Waals surface area contributed by atoms with E-state index in [1.807, 2.05) is 18.2 Å². The zero-order chi connectivity index (χ0) is 15.0. The maximum Gasteiger partial charge on any atom is 0.305 e. The van der Waals surface area contributed by atoms with Crippen LogP contribution in [-0.4, -0.2) is 19.7 Å². The maximum absolute atomic E-state index is 11.2. The van der Waals surface area contributed by atoms with Crippen LogP contribution in [0.15, 0.2) is 18.2 Å². The third kappa shape index (κ3) is 5.39. The van der Waals surface area contributed by atoms with Crippen molar-refractivity contribution in [2.24, 2.45) is 5.73 Å². The number of carbonyl (C=O) groups is 1. The van der Waals surface area contributed by atoms with Crippen LogP contribution in [-0.2, 0) is 9.53 Å². The van der Waals surface area contributed by atoms with Gasteiger partial charge in [-0.25, -0.2) is 0 Å². The molecule has 0 radical (unpaired) electrons. The highest BCUT2D eigenvalue weighted by atomic mass is 35.5. The number of esters is 1. The van der Waals surface area contributed by atoms with Gasteiger partial charge in [-0.1, -0.05) is 24.1 Å². The number of ether oxygens (including phenoxy) is 2. The van der Waals surface area contributed by atoms with Gasteiger partial charge in [-0.2, -0.15) is 0 Å². The molecule has 0 aromatic heterocycles. The van der Waals surface area contributed by atoms with E-state index in [9.17, 15) is 4.79 Å². The summed E-state index contributed by atoms with van der Waals surface area (Å²) >= 11 is 6.07. The second-order valence-electron chi connectivity index (χ2n) is 4.55. The molecule has 1 aromatic rings. The van der Waals surface area contributed by atoms with Crippen molar-refractivity contribution in [3.63, 3.8) is 0 Å². The fourth-order valence-electron chi connectivity index (χ4n) is 1.95. The Morgan fingerprint density at radius 3 is 2.75 bits per heavy atom. The van der Waals surface area contributed by atoms with E-state index in [1.54, 1.807) is 14.0 Å². The van der Waals surface area contributed by atoms with Crippen LogP contribution in [0.2, 0.25) is 5.02 Å². The summed E-state index contributed by atoms with van der Waals surface area (Å²) in [4.78, 5) is 11.2. The predicted molar refractivity (Wildman–Crippen MR) is 80.0 cm³/mol. The first kappa shape index (κ1) is 16.8. The predicted octanol–water partition coefficient (Wildman–Crippen LogP) is 3.47. The number of rotatable bonds is 8. The molecule has 1 aromatic carbocycles. The monoisotopic (exact) mass is 299 g/mol. The van der Waals surface area contributed by atoms with Gasteiger partial charge in [0, 0.05) is 12.5 Å². The number of nitrogens with two attached hydrogens (primary N) is 1. The molecular formula is C15H22ClNO3. The zero-order valence-electron chi connectivity index (χ0n) is 12.0. The van der Waals surface area contributed by atoms with Crippen molar-refractivity contribution < 1.29 is 14.3 Å². The van der Waals surface area contributed by atoms with Crippen molar-refractivity contribution in [2.45, 2.75) is 38.6 Å². The first-order chi connectivity index (χ1) is 9.58. The largest absolute Gasteiger partial charge is 0.495 e. The van der Waals surface area contributed by atoms with E-state index in [2.05, 4.69) is 0 Å². The summed E-state index contributed by atoms with van der Waals surface area (Å²) in [6.45, 7) is 2.24. The van der Waals surface area contributed by atoms with Gasteiger partial charge in [0.2, 0.25) is 0 Å². The summed E-state index contributed by atoms with van der Waals surface area (Å²) in [5.74, 6) is 0.499. The second kappa shape index (κ2) is 8.82. The number of halogens is 1. The standard InChI is InChI=1S/C15H22ClNO3/c1-3-20-15(18)7-5-4-6-13(17)11-8-9-14(19-2)12(16)10-11/h8-10,13H,3-7,17H2,1-2H3. The van der Waals surface area contributed by atoms with Gasteiger partial charge in [-0.15, -0.1) is 0 Å². The average Bonchev–Trinajstić information content (AvgIpc) is 2.43. The molecule has 1 unspecified atom stereocenters. The van der Waals surface area contributed by atoms with Gasteiger partial charge in [0.25, 0.3) is 0 Å². The topological polar surface area (TPSA) is 61.5 Å². The van der Waals surface area contributed by atoms with Crippen LogP contribution in [0.4, 0.5) is 0 Å². The molecule has 0 heterocycles. The van der Waals surface area contributed by atoms with Crippen molar-refractivity contribution in [3.8, 4) is 5.75 Å². The van der Waals surface area contributed by atoms with Gasteiger partial charge < -0.3 is 15.2 Å². The number of methoxy groups -OCH3 is 1. The Hall–Kier alpha value is -1.26. The van der Waals surface area contributed by atoms with Crippen molar-refractivity contribution in [1.82, 2.24) is 0 Å². The van der Waals surface area contributed by atoms with Crippen LogP contribution >= 0.6 is 11.6 Å². The minimum Gasteiger partial charge on any atom is -0.495 e. The third-order valence-electron chi connectivity index (χ3n) is 3.06. The number of unbranched alkanes of at least 4 members (excludes halogenated alkanes) is 1. The van der Waals surface area contributed by atoms with E-state index in [0.29, 0.717) is 23.8 Å². The van der Waals surface area contributed by atoms with Crippen LogP contribution < -0.4 is 10.5 Å². The molecule has 0 saturated carbocycles. The van der Waals surface area contributed by atoms with E-state index < -0.39 is 0 Å². The normalized spacial score (nSPS) is 12.0. The van der Waals surface area contributed by atoms with Crippen molar-refractivity contribution in [1.29, 1.82) is 0 Å². The lowest BCUT2D eigenvalue weighted by Gasteiger charge is -2.13. The number of carbonyl (C=O) groups excluding carboxylic acids is 1. The molecule has 20 heavy (non-hydrogen) atoms. The van der Waals surface area contributed by atoms with Crippen molar-refractivity contribution >= 4 is 17.6 Å². The summed E-state index contributed by atoms with van der Waals surface area (Å²) in [6, 6.07) is 5.48. The van der Waals surface area contributed by atoms with Crippen LogP contribution in [0, 0.1) is 0 Å². The SMILES string of the molecule is CCOC(=O)CCCCC(N)c1ccc(OC)c(Cl)c1. The number of hydrogen-bond acceptors (Lipinski definition) is 4. The van der Waals surface area contributed by atoms with Crippen molar-refractivity contribution in [2.75, 3.05) is 13.7 Å². The molecule has 0 aliphatic rings. The van der Waals surface area contributed by atoms with E-state index in [4.69, 9.17) is 26.8 Å². The van der Waals surface area contributed by atoms with E-state index in [-0.39, 0.29) is 12.0 Å². The quantitative estimate of drug-likeness (QED) is 0.590.